The van der Waals surface area contributed by atoms with Crippen molar-refractivity contribution in [1.82, 2.24) is 5.32 Å². The van der Waals surface area contributed by atoms with E-state index in [2.05, 4.69) is 5.32 Å². The van der Waals surface area contributed by atoms with E-state index in [0.717, 1.165) is 18.6 Å². The Hall–Kier alpha value is -1.62. The van der Waals surface area contributed by atoms with Gasteiger partial charge in [0.15, 0.2) is 0 Å². The van der Waals surface area contributed by atoms with Gasteiger partial charge in [-0.1, -0.05) is 0 Å². The van der Waals surface area contributed by atoms with E-state index in [1.54, 1.807) is 0 Å². The quantitative estimate of drug-likeness (QED) is 0.659. The maximum atomic E-state index is 12.6. The third kappa shape index (κ3) is 2.07. The lowest BCUT2D eigenvalue weighted by Crippen LogP contribution is -2.29. The molecular formula is C10H11FN2O2. The lowest BCUT2D eigenvalue weighted by Gasteiger charge is -2.05. The highest BCUT2D eigenvalue weighted by Crippen LogP contribution is 2.21. The van der Waals surface area contributed by atoms with Gasteiger partial charge in [-0.15, -0.1) is 0 Å². The number of halogens is 1. The molecule has 15 heavy (non-hydrogen) atoms. The highest BCUT2D eigenvalue weighted by molar-refractivity contribution is 5.97. The Morgan fingerprint density at radius 1 is 1.60 bits per heavy atom. The number of benzene rings is 1. The zero-order valence-corrected chi connectivity index (χ0v) is 7.90. The first-order chi connectivity index (χ1) is 7.08. The van der Waals surface area contributed by atoms with Crippen LogP contribution in [0, 0.1) is 5.82 Å². The van der Waals surface area contributed by atoms with E-state index in [9.17, 15) is 14.3 Å². The monoisotopic (exact) mass is 210 g/mol. The lowest BCUT2D eigenvalue weighted by molar-refractivity contribution is 0.0947. The number of phenolic OH excluding ortho intramolecular Hbond substituents is 1. The molecule has 0 heterocycles. The highest BCUT2D eigenvalue weighted by Gasteiger charge is 2.35. The van der Waals surface area contributed by atoms with Gasteiger partial charge in [0.05, 0.1) is 5.56 Å². The maximum Gasteiger partial charge on any atom is 0.255 e. The summed E-state index contributed by atoms with van der Waals surface area (Å²) in [4.78, 5) is 11.5. The smallest absolute Gasteiger partial charge is 0.255 e. The Bertz CT molecular complexity index is 408. The van der Waals surface area contributed by atoms with E-state index in [-0.39, 0.29) is 23.4 Å². The SMILES string of the molecule is NC1CC1NC(=O)c1ccc(F)cc1O. The summed E-state index contributed by atoms with van der Waals surface area (Å²) in [6, 6.07) is 3.25. The largest absolute Gasteiger partial charge is 0.507 e. The standard InChI is InChI=1S/C10H11FN2O2/c11-5-1-2-6(9(14)3-5)10(15)13-8-4-7(8)12/h1-3,7-8,14H,4,12H2,(H,13,15). The molecule has 2 atom stereocenters. The molecule has 1 aliphatic carbocycles. The van der Waals surface area contributed by atoms with Crippen LogP contribution in [0.1, 0.15) is 16.8 Å². The van der Waals surface area contributed by atoms with Gasteiger partial charge < -0.3 is 16.2 Å². The topological polar surface area (TPSA) is 75.3 Å². The first kappa shape index (κ1) is 9.92. The van der Waals surface area contributed by atoms with Gasteiger partial charge in [0.1, 0.15) is 11.6 Å². The molecule has 0 spiro atoms. The summed E-state index contributed by atoms with van der Waals surface area (Å²) in [7, 11) is 0. The number of aromatic hydroxyl groups is 1. The molecule has 2 rings (SSSR count). The number of carbonyl (C=O) groups is 1. The molecule has 1 aromatic rings. The minimum Gasteiger partial charge on any atom is -0.507 e. The number of hydrogen-bond acceptors (Lipinski definition) is 3. The van der Waals surface area contributed by atoms with Gasteiger partial charge in [-0.3, -0.25) is 4.79 Å². The fourth-order valence-electron chi connectivity index (χ4n) is 1.32. The molecule has 4 N–H and O–H groups in total. The van der Waals surface area contributed by atoms with Crippen molar-refractivity contribution in [2.75, 3.05) is 0 Å². The van der Waals surface area contributed by atoms with Crippen LogP contribution in [0.2, 0.25) is 0 Å². The molecule has 1 aliphatic rings. The minimum atomic E-state index is -0.577. The predicted octanol–water partition coefficient (Wildman–Crippen LogP) is 0.361. The Kier molecular flexibility index (Phi) is 2.32. The molecule has 1 saturated carbocycles. The summed E-state index contributed by atoms with van der Waals surface area (Å²) >= 11 is 0. The minimum absolute atomic E-state index is 0.00320. The van der Waals surface area contributed by atoms with Crippen molar-refractivity contribution >= 4 is 5.91 Å². The molecule has 4 nitrogen and oxygen atoms in total. The molecule has 0 saturated heterocycles. The molecular weight excluding hydrogens is 199 g/mol. The maximum absolute atomic E-state index is 12.6. The van der Waals surface area contributed by atoms with Crippen molar-refractivity contribution in [1.29, 1.82) is 0 Å². The molecule has 1 amide bonds. The third-order valence-corrected chi connectivity index (χ3v) is 2.36. The number of nitrogens with one attached hydrogen (secondary N) is 1. The number of nitrogens with two attached hydrogens (primary N) is 1. The van der Waals surface area contributed by atoms with Crippen LogP contribution in [-0.2, 0) is 0 Å². The van der Waals surface area contributed by atoms with Gasteiger partial charge in [-0.05, 0) is 18.6 Å². The van der Waals surface area contributed by atoms with Crippen LogP contribution in [0.5, 0.6) is 5.75 Å². The van der Waals surface area contributed by atoms with Crippen molar-refractivity contribution < 1.29 is 14.3 Å². The van der Waals surface area contributed by atoms with Crippen LogP contribution in [0.15, 0.2) is 18.2 Å². The fourth-order valence-corrected chi connectivity index (χ4v) is 1.32. The normalized spacial score (nSPS) is 23.6. The van der Waals surface area contributed by atoms with E-state index in [0.29, 0.717) is 0 Å². The summed E-state index contributed by atoms with van der Waals surface area (Å²) < 4.78 is 12.6. The summed E-state index contributed by atoms with van der Waals surface area (Å²) in [5, 5.41) is 12.0. The van der Waals surface area contributed by atoms with Crippen molar-refractivity contribution in [2.24, 2.45) is 5.73 Å². The van der Waals surface area contributed by atoms with E-state index in [4.69, 9.17) is 5.73 Å². The predicted molar refractivity (Wildman–Crippen MR) is 51.9 cm³/mol. The van der Waals surface area contributed by atoms with Crippen LogP contribution in [-0.4, -0.2) is 23.1 Å². The van der Waals surface area contributed by atoms with E-state index < -0.39 is 11.7 Å². The van der Waals surface area contributed by atoms with Gasteiger partial charge in [0.2, 0.25) is 0 Å². The van der Waals surface area contributed by atoms with Gasteiger partial charge in [0, 0.05) is 18.2 Å². The van der Waals surface area contributed by atoms with Crippen molar-refractivity contribution in [3.63, 3.8) is 0 Å². The van der Waals surface area contributed by atoms with Crippen LogP contribution in [0.4, 0.5) is 4.39 Å². The molecule has 1 fully saturated rings. The van der Waals surface area contributed by atoms with E-state index in [1.165, 1.54) is 6.07 Å². The highest BCUT2D eigenvalue weighted by atomic mass is 19.1. The van der Waals surface area contributed by atoms with E-state index in [1.807, 2.05) is 0 Å². The Labute approximate surface area is 85.9 Å². The van der Waals surface area contributed by atoms with Gasteiger partial charge in [-0.2, -0.15) is 0 Å². The molecule has 0 aromatic heterocycles. The van der Waals surface area contributed by atoms with Crippen LogP contribution >= 0.6 is 0 Å². The number of phenols is 1. The summed E-state index contributed by atoms with van der Waals surface area (Å²) in [6.07, 6.45) is 0.744. The van der Waals surface area contributed by atoms with E-state index >= 15 is 0 Å². The summed E-state index contributed by atoms with van der Waals surface area (Å²) in [5.41, 5.74) is 5.58. The average molecular weight is 210 g/mol. The zero-order valence-electron chi connectivity index (χ0n) is 7.90. The van der Waals surface area contributed by atoms with Crippen LogP contribution in [0.25, 0.3) is 0 Å². The van der Waals surface area contributed by atoms with Gasteiger partial charge in [0.25, 0.3) is 5.91 Å². The number of hydrogen-bond donors (Lipinski definition) is 3. The van der Waals surface area contributed by atoms with Crippen molar-refractivity contribution in [2.45, 2.75) is 18.5 Å². The van der Waals surface area contributed by atoms with Gasteiger partial charge in [-0.25, -0.2) is 4.39 Å². The molecule has 80 valence electrons. The molecule has 0 bridgehead atoms. The summed E-state index contributed by atoms with van der Waals surface area (Å²) in [5.74, 6) is -1.36. The van der Waals surface area contributed by atoms with Gasteiger partial charge >= 0.3 is 0 Å². The zero-order chi connectivity index (χ0) is 11.0. The third-order valence-electron chi connectivity index (χ3n) is 2.36. The molecule has 0 aliphatic heterocycles. The Balaban J connectivity index is 2.11. The number of carbonyl (C=O) groups excluding carboxylic acids is 1. The average Bonchev–Trinajstić information content (AvgIpc) is 2.81. The second kappa shape index (κ2) is 3.51. The van der Waals surface area contributed by atoms with Crippen LogP contribution < -0.4 is 11.1 Å². The van der Waals surface area contributed by atoms with Crippen molar-refractivity contribution in [3.05, 3.63) is 29.6 Å². The molecule has 0 radical (unpaired) electrons. The second-order valence-electron chi connectivity index (χ2n) is 3.64. The Morgan fingerprint density at radius 3 is 2.80 bits per heavy atom. The molecule has 1 aromatic carbocycles. The Morgan fingerprint density at radius 2 is 2.27 bits per heavy atom. The number of amides is 1. The lowest BCUT2D eigenvalue weighted by atomic mass is 10.2. The van der Waals surface area contributed by atoms with Crippen LogP contribution in [0.3, 0.4) is 0 Å². The van der Waals surface area contributed by atoms with Crippen molar-refractivity contribution in [3.8, 4) is 5.75 Å². The summed E-state index contributed by atoms with van der Waals surface area (Å²) in [6.45, 7) is 0. The molecule has 5 heteroatoms. The fraction of sp³-hybridized carbons (Fsp3) is 0.300. The number of rotatable bonds is 2. The first-order valence-corrected chi connectivity index (χ1v) is 4.63. The first-order valence-electron chi connectivity index (χ1n) is 4.63. The second-order valence-corrected chi connectivity index (χ2v) is 3.64. The molecule has 2 unspecified atom stereocenters.